The monoisotopic (exact) mass is 198 g/mol. The maximum Gasteiger partial charge on any atom is 0.268 e. The van der Waals surface area contributed by atoms with Crippen LogP contribution in [0.4, 0.5) is 14.6 Å². The highest BCUT2D eigenvalue weighted by Gasteiger charge is 2.18. The summed E-state index contributed by atoms with van der Waals surface area (Å²) < 4.78 is 24.8. The van der Waals surface area contributed by atoms with Gasteiger partial charge in [-0.1, -0.05) is 0 Å². The van der Waals surface area contributed by atoms with Crippen molar-refractivity contribution in [2.75, 3.05) is 5.73 Å². The van der Waals surface area contributed by atoms with Crippen molar-refractivity contribution in [3.63, 3.8) is 0 Å². The van der Waals surface area contributed by atoms with Gasteiger partial charge in [0.15, 0.2) is 0 Å². The molecule has 1 aromatic heterocycles. The normalized spacial score (nSPS) is 10.2. The second kappa shape index (κ2) is 3.98. The van der Waals surface area contributed by atoms with E-state index in [4.69, 9.17) is 16.7 Å². The van der Waals surface area contributed by atoms with E-state index in [0.717, 1.165) is 0 Å². The second-order valence-electron chi connectivity index (χ2n) is 2.58. The molecule has 0 atom stereocenters. The molecular weight excluding hydrogens is 190 g/mol. The first kappa shape index (κ1) is 10.3. The molecule has 74 valence electrons. The Kier molecular flexibility index (Phi) is 2.94. The maximum absolute atomic E-state index is 12.4. The van der Waals surface area contributed by atoms with Crippen molar-refractivity contribution in [1.29, 1.82) is 5.26 Å². The molecule has 0 aliphatic heterocycles. The van der Waals surface area contributed by atoms with Gasteiger partial charge >= 0.3 is 0 Å². The Labute approximate surface area is 79.1 Å². The van der Waals surface area contributed by atoms with Gasteiger partial charge in [0.1, 0.15) is 5.82 Å². The topological polar surface area (TPSA) is 88.7 Å². The molecule has 0 bridgehead atoms. The first-order valence-electron chi connectivity index (χ1n) is 3.77. The molecule has 0 aliphatic carbocycles. The Bertz CT molecular complexity index is 384. The number of aromatic nitrogens is 1. The molecule has 0 saturated carbocycles. The molecule has 0 amide bonds. The predicted octanol–water partition coefficient (Wildman–Crippen LogP) is 0.932. The zero-order valence-electron chi connectivity index (χ0n) is 7.17. The fourth-order valence-electron chi connectivity index (χ4n) is 1.06. The minimum atomic E-state index is -2.80. The van der Waals surface area contributed by atoms with Crippen LogP contribution in [0.1, 0.15) is 23.2 Å². The van der Waals surface area contributed by atoms with Gasteiger partial charge in [0.05, 0.1) is 22.9 Å². The second-order valence-corrected chi connectivity index (χ2v) is 2.58. The number of pyridine rings is 1. The Morgan fingerprint density at radius 1 is 1.57 bits per heavy atom. The van der Waals surface area contributed by atoms with E-state index in [2.05, 4.69) is 4.98 Å². The fourth-order valence-corrected chi connectivity index (χ4v) is 1.06. The zero-order chi connectivity index (χ0) is 10.7. The van der Waals surface area contributed by atoms with Crippen LogP contribution in [0.25, 0.3) is 0 Å². The van der Waals surface area contributed by atoms with Crippen LogP contribution >= 0.6 is 0 Å². The molecule has 4 nitrogen and oxygen atoms in total. The van der Waals surface area contributed by atoms with E-state index < -0.39 is 12.0 Å². The molecule has 6 heteroatoms. The van der Waals surface area contributed by atoms with Gasteiger partial charge in [-0.2, -0.15) is 5.26 Å². The lowest BCUT2D eigenvalue weighted by atomic mass is 10.1. The molecule has 0 fully saturated rings. The largest absolute Gasteiger partial charge is 0.383 e. The van der Waals surface area contributed by atoms with Gasteiger partial charge < -0.3 is 11.5 Å². The fraction of sp³-hybridized carbons (Fsp3) is 0.250. The van der Waals surface area contributed by atoms with Crippen LogP contribution in [-0.2, 0) is 6.54 Å². The van der Waals surface area contributed by atoms with Gasteiger partial charge in [-0.15, -0.1) is 0 Å². The summed E-state index contributed by atoms with van der Waals surface area (Å²) in [4.78, 5) is 3.64. The SMILES string of the molecule is N#Cc1cc(CN)nc(N)c1C(F)F. The third-order valence-corrected chi connectivity index (χ3v) is 1.69. The van der Waals surface area contributed by atoms with Gasteiger partial charge in [-0.3, -0.25) is 0 Å². The van der Waals surface area contributed by atoms with E-state index in [1.165, 1.54) is 6.07 Å². The highest BCUT2D eigenvalue weighted by Crippen LogP contribution is 2.27. The van der Waals surface area contributed by atoms with Crippen molar-refractivity contribution >= 4 is 5.82 Å². The smallest absolute Gasteiger partial charge is 0.268 e. The Hall–Kier alpha value is -1.74. The summed E-state index contributed by atoms with van der Waals surface area (Å²) in [6, 6.07) is 2.86. The highest BCUT2D eigenvalue weighted by molar-refractivity contribution is 5.52. The number of halogens is 2. The molecule has 0 aromatic carbocycles. The van der Waals surface area contributed by atoms with Crippen LogP contribution in [0.2, 0.25) is 0 Å². The minimum Gasteiger partial charge on any atom is -0.383 e. The van der Waals surface area contributed by atoms with Gasteiger partial charge in [-0.25, -0.2) is 13.8 Å². The minimum absolute atomic E-state index is 0.0579. The highest BCUT2D eigenvalue weighted by atomic mass is 19.3. The average Bonchev–Trinajstić information content (AvgIpc) is 2.15. The van der Waals surface area contributed by atoms with E-state index in [1.807, 2.05) is 0 Å². The van der Waals surface area contributed by atoms with Crippen molar-refractivity contribution in [3.8, 4) is 6.07 Å². The van der Waals surface area contributed by atoms with Crippen LogP contribution in [0.5, 0.6) is 0 Å². The van der Waals surface area contributed by atoms with E-state index in [9.17, 15) is 8.78 Å². The summed E-state index contributed by atoms with van der Waals surface area (Å²) in [5, 5.41) is 8.60. The van der Waals surface area contributed by atoms with Gasteiger partial charge in [0.2, 0.25) is 0 Å². The molecule has 0 unspecified atom stereocenters. The molecule has 0 aliphatic rings. The first-order chi connectivity index (χ1) is 6.60. The van der Waals surface area contributed by atoms with Crippen molar-refractivity contribution in [3.05, 3.63) is 22.9 Å². The number of anilines is 1. The Balaban J connectivity index is 3.37. The molecular formula is C8H8F2N4. The predicted molar refractivity (Wildman–Crippen MR) is 46.2 cm³/mol. The molecule has 0 spiro atoms. The van der Waals surface area contributed by atoms with Crippen molar-refractivity contribution in [2.45, 2.75) is 13.0 Å². The third kappa shape index (κ3) is 1.78. The molecule has 0 saturated heterocycles. The Morgan fingerprint density at radius 3 is 2.64 bits per heavy atom. The third-order valence-electron chi connectivity index (χ3n) is 1.69. The van der Waals surface area contributed by atoms with E-state index in [-0.39, 0.29) is 17.9 Å². The van der Waals surface area contributed by atoms with Gasteiger partial charge in [0, 0.05) is 6.54 Å². The number of nitrogens with two attached hydrogens (primary N) is 2. The molecule has 1 rings (SSSR count). The van der Waals surface area contributed by atoms with Crippen LogP contribution in [-0.4, -0.2) is 4.98 Å². The average molecular weight is 198 g/mol. The molecule has 14 heavy (non-hydrogen) atoms. The van der Waals surface area contributed by atoms with E-state index >= 15 is 0 Å². The van der Waals surface area contributed by atoms with Crippen LogP contribution < -0.4 is 11.5 Å². The standard InChI is InChI=1S/C8H8F2N4/c9-7(10)6-4(2-11)1-5(3-12)14-8(6)13/h1,7H,3,12H2,(H2,13,14). The summed E-state index contributed by atoms with van der Waals surface area (Å²) in [6.45, 7) is 0.0579. The number of nitrogen functional groups attached to an aromatic ring is 1. The van der Waals surface area contributed by atoms with Crippen molar-refractivity contribution in [1.82, 2.24) is 4.98 Å². The summed E-state index contributed by atoms with van der Waals surface area (Å²) in [6.07, 6.45) is -2.80. The van der Waals surface area contributed by atoms with E-state index in [1.54, 1.807) is 6.07 Å². The summed E-state index contributed by atoms with van der Waals surface area (Å²) >= 11 is 0. The van der Waals surface area contributed by atoms with Crippen molar-refractivity contribution in [2.24, 2.45) is 5.73 Å². The lowest BCUT2D eigenvalue weighted by Crippen LogP contribution is -2.07. The number of rotatable bonds is 2. The number of nitrogens with zero attached hydrogens (tertiary/aromatic N) is 2. The van der Waals surface area contributed by atoms with E-state index in [0.29, 0.717) is 5.69 Å². The number of hydrogen-bond donors (Lipinski definition) is 2. The van der Waals surface area contributed by atoms with Crippen LogP contribution in [0, 0.1) is 11.3 Å². The summed E-state index contributed by atoms with van der Waals surface area (Å²) in [7, 11) is 0. The molecule has 1 aromatic rings. The van der Waals surface area contributed by atoms with Crippen LogP contribution in [0.15, 0.2) is 6.07 Å². The van der Waals surface area contributed by atoms with Crippen LogP contribution in [0.3, 0.4) is 0 Å². The van der Waals surface area contributed by atoms with Gasteiger partial charge in [-0.05, 0) is 6.07 Å². The maximum atomic E-state index is 12.4. The summed E-state index contributed by atoms with van der Waals surface area (Å²) in [5.41, 5.74) is 10.2. The number of hydrogen-bond acceptors (Lipinski definition) is 4. The first-order valence-corrected chi connectivity index (χ1v) is 3.77. The number of alkyl halides is 2. The Morgan fingerprint density at radius 2 is 2.21 bits per heavy atom. The molecule has 1 heterocycles. The molecule has 4 N–H and O–H groups in total. The van der Waals surface area contributed by atoms with Crippen molar-refractivity contribution < 1.29 is 8.78 Å². The zero-order valence-corrected chi connectivity index (χ0v) is 7.17. The lowest BCUT2D eigenvalue weighted by molar-refractivity contribution is 0.151. The molecule has 0 radical (unpaired) electrons. The van der Waals surface area contributed by atoms with Gasteiger partial charge in [0.25, 0.3) is 6.43 Å². The quantitative estimate of drug-likeness (QED) is 0.739. The lowest BCUT2D eigenvalue weighted by Gasteiger charge is -2.07. The number of nitriles is 1. The summed E-state index contributed by atoms with van der Waals surface area (Å²) in [5.74, 6) is -0.334.